The summed E-state index contributed by atoms with van der Waals surface area (Å²) >= 11 is 7.20. The monoisotopic (exact) mass is 517 g/mol. The number of allylic oxidation sites excluding steroid dienone is 1. The molecular weight excluding hydrogens is 497 g/mol. The van der Waals surface area contributed by atoms with Crippen LogP contribution in [0.5, 0.6) is 5.75 Å². The summed E-state index contributed by atoms with van der Waals surface area (Å²) in [5, 5.41) is 15.3. The van der Waals surface area contributed by atoms with Gasteiger partial charge in [-0.3, -0.25) is 14.4 Å². The minimum atomic E-state index is -1.35. The molecule has 2 aromatic rings. The van der Waals surface area contributed by atoms with Crippen molar-refractivity contribution >= 4 is 46.8 Å². The highest BCUT2D eigenvalue weighted by molar-refractivity contribution is 8.03. The molecule has 3 rings (SSSR count). The largest absolute Gasteiger partial charge is 0.492 e. The van der Waals surface area contributed by atoms with Crippen molar-refractivity contribution in [2.24, 2.45) is 5.92 Å². The van der Waals surface area contributed by atoms with Gasteiger partial charge in [-0.1, -0.05) is 41.6 Å². The molecule has 0 aliphatic carbocycles. The maximum atomic E-state index is 13.8. The fourth-order valence-electron chi connectivity index (χ4n) is 3.55. The zero-order chi connectivity index (χ0) is 25.5. The maximum Gasteiger partial charge on any atom is 0.319 e. The molecular formula is C24H21ClFN3O5S. The van der Waals surface area contributed by atoms with Crippen molar-refractivity contribution in [1.29, 1.82) is 5.26 Å². The zero-order valence-electron chi connectivity index (χ0n) is 18.8. The van der Waals surface area contributed by atoms with Gasteiger partial charge in [0.2, 0.25) is 11.8 Å². The summed E-state index contributed by atoms with van der Waals surface area (Å²) < 4.78 is 24.1. The summed E-state index contributed by atoms with van der Waals surface area (Å²) in [5.41, 5.74) is 0.492. The van der Waals surface area contributed by atoms with Crippen LogP contribution in [0.2, 0.25) is 5.02 Å². The van der Waals surface area contributed by atoms with Gasteiger partial charge >= 0.3 is 5.97 Å². The van der Waals surface area contributed by atoms with Crippen molar-refractivity contribution in [3.05, 3.63) is 69.5 Å². The first-order valence-corrected chi connectivity index (χ1v) is 11.8. The molecule has 0 unspecified atom stereocenters. The number of nitrogens with one attached hydrogen (secondary N) is 2. The van der Waals surface area contributed by atoms with E-state index in [1.54, 1.807) is 25.1 Å². The Balaban J connectivity index is 1.94. The smallest absolute Gasteiger partial charge is 0.319 e. The number of carbonyl (C=O) groups is 3. The highest BCUT2D eigenvalue weighted by Gasteiger charge is 2.44. The van der Waals surface area contributed by atoms with E-state index in [4.69, 9.17) is 21.1 Å². The highest BCUT2D eigenvalue weighted by Crippen LogP contribution is 2.42. The molecule has 2 atom stereocenters. The molecule has 1 heterocycles. The summed E-state index contributed by atoms with van der Waals surface area (Å²) in [4.78, 5) is 37.8. The summed E-state index contributed by atoms with van der Waals surface area (Å²) in [6.45, 7) is 2.18. The van der Waals surface area contributed by atoms with Gasteiger partial charge in [0.1, 0.15) is 17.5 Å². The summed E-state index contributed by atoms with van der Waals surface area (Å²) in [6, 6.07) is 12.5. The molecule has 2 N–H and O–H groups in total. The lowest BCUT2D eigenvalue weighted by molar-refractivity contribution is -0.150. The van der Waals surface area contributed by atoms with Crippen LogP contribution in [0.15, 0.2) is 53.1 Å². The Morgan fingerprint density at radius 3 is 2.66 bits per heavy atom. The number of para-hydroxylation sites is 1. The van der Waals surface area contributed by atoms with Crippen LogP contribution in [0.3, 0.4) is 0 Å². The van der Waals surface area contributed by atoms with E-state index in [1.165, 1.54) is 24.3 Å². The first kappa shape index (κ1) is 26.1. The Kier molecular flexibility index (Phi) is 8.73. The second-order valence-corrected chi connectivity index (χ2v) is 8.65. The predicted octanol–water partition coefficient (Wildman–Crippen LogP) is 3.99. The van der Waals surface area contributed by atoms with Crippen LogP contribution in [-0.4, -0.2) is 37.3 Å². The van der Waals surface area contributed by atoms with E-state index in [2.05, 4.69) is 10.6 Å². The van der Waals surface area contributed by atoms with Gasteiger partial charge < -0.3 is 20.1 Å². The quantitative estimate of drug-likeness (QED) is 0.401. The third kappa shape index (κ3) is 5.93. The zero-order valence-corrected chi connectivity index (χ0v) is 20.3. The fourth-order valence-corrected chi connectivity index (χ4v) is 4.64. The standard InChI is InChI=1S/C24H21ClFN3O5S/c1-3-34-18-9-8-13(10-15(18)25)20-14(11-27)23(29-22(31)21(20)24(32)33-2)35-12-19(30)28-17-7-5-4-6-16(17)26/h4-10,20-21H,3,12H2,1-2H3,(H,28,30)(H,29,31)/t20-,21-/m1/s1. The highest BCUT2D eigenvalue weighted by atomic mass is 35.5. The maximum absolute atomic E-state index is 13.8. The number of benzene rings is 2. The van der Waals surface area contributed by atoms with Crippen LogP contribution >= 0.6 is 23.4 Å². The predicted molar refractivity (Wildman–Crippen MR) is 129 cm³/mol. The van der Waals surface area contributed by atoms with Gasteiger partial charge in [0.15, 0.2) is 0 Å². The fraction of sp³-hybridized carbons (Fsp3) is 0.250. The number of amides is 2. The average Bonchev–Trinajstić information content (AvgIpc) is 2.84. The van der Waals surface area contributed by atoms with Gasteiger partial charge in [-0.05, 0) is 36.8 Å². The third-order valence-electron chi connectivity index (χ3n) is 5.09. The van der Waals surface area contributed by atoms with Crippen molar-refractivity contribution < 1.29 is 28.2 Å². The van der Waals surface area contributed by atoms with E-state index < -0.39 is 35.4 Å². The molecule has 8 nitrogen and oxygen atoms in total. The number of thioether (sulfide) groups is 1. The average molecular weight is 518 g/mol. The number of hydrogen-bond donors (Lipinski definition) is 2. The summed E-state index contributed by atoms with van der Waals surface area (Å²) in [6.07, 6.45) is 0. The van der Waals surface area contributed by atoms with E-state index in [0.717, 1.165) is 18.9 Å². The van der Waals surface area contributed by atoms with E-state index in [0.29, 0.717) is 17.9 Å². The molecule has 11 heteroatoms. The Morgan fingerprint density at radius 1 is 1.29 bits per heavy atom. The van der Waals surface area contributed by atoms with Crippen molar-refractivity contribution in [2.45, 2.75) is 12.8 Å². The molecule has 0 saturated heterocycles. The Labute approximate surface area is 210 Å². The van der Waals surface area contributed by atoms with Gasteiger partial charge in [-0.25, -0.2) is 4.39 Å². The van der Waals surface area contributed by atoms with Crippen molar-refractivity contribution in [2.75, 3.05) is 24.8 Å². The minimum Gasteiger partial charge on any atom is -0.492 e. The lowest BCUT2D eigenvalue weighted by Gasteiger charge is -2.31. The van der Waals surface area contributed by atoms with Crippen molar-refractivity contribution in [3.63, 3.8) is 0 Å². The summed E-state index contributed by atoms with van der Waals surface area (Å²) in [7, 11) is 1.14. The molecule has 2 amide bonds. The van der Waals surface area contributed by atoms with E-state index in [-0.39, 0.29) is 27.1 Å². The number of nitriles is 1. The molecule has 0 aromatic heterocycles. The number of anilines is 1. The normalized spacial score (nSPS) is 17.3. The Bertz CT molecular complexity index is 1230. The second kappa shape index (κ2) is 11.7. The molecule has 0 saturated carbocycles. The van der Waals surface area contributed by atoms with E-state index in [9.17, 15) is 24.0 Å². The van der Waals surface area contributed by atoms with Gasteiger partial charge in [-0.15, -0.1) is 0 Å². The molecule has 182 valence electrons. The van der Waals surface area contributed by atoms with Gasteiger partial charge in [0.05, 0.1) is 46.9 Å². The first-order valence-electron chi connectivity index (χ1n) is 10.4. The number of nitrogens with zero attached hydrogens (tertiary/aromatic N) is 1. The molecule has 35 heavy (non-hydrogen) atoms. The van der Waals surface area contributed by atoms with Crippen LogP contribution < -0.4 is 15.4 Å². The lowest BCUT2D eigenvalue weighted by atomic mass is 9.78. The van der Waals surface area contributed by atoms with Crippen LogP contribution in [0.4, 0.5) is 10.1 Å². The number of ether oxygens (including phenoxy) is 2. The van der Waals surface area contributed by atoms with Crippen molar-refractivity contribution in [1.82, 2.24) is 5.32 Å². The number of halogens is 2. The molecule has 0 radical (unpaired) electrons. The van der Waals surface area contributed by atoms with E-state index in [1.807, 2.05) is 6.07 Å². The van der Waals surface area contributed by atoms with Gasteiger partial charge in [0.25, 0.3) is 0 Å². The molecule has 0 bridgehead atoms. The topological polar surface area (TPSA) is 118 Å². The summed E-state index contributed by atoms with van der Waals surface area (Å²) in [5.74, 6) is -4.83. The number of hydrogen-bond acceptors (Lipinski definition) is 7. The SMILES string of the molecule is CCOc1ccc([C@@H]2C(C#N)=C(SCC(=O)Nc3ccccc3F)NC(=O)[C@@H]2C(=O)OC)cc1Cl. The number of methoxy groups -OCH3 is 1. The van der Waals surface area contributed by atoms with Crippen molar-refractivity contribution in [3.8, 4) is 11.8 Å². The Morgan fingerprint density at radius 2 is 2.03 bits per heavy atom. The third-order valence-corrected chi connectivity index (χ3v) is 6.41. The van der Waals surface area contributed by atoms with Gasteiger partial charge in [0, 0.05) is 5.92 Å². The van der Waals surface area contributed by atoms with Gasteiger partial charge in [-0.2, -0.15) is 5.26 Å². The van der Waals surface area contributed by atoms with E-state index >= 15 is 0 Å². The molecule has 1 aliphatic heterocycles. The second-order valence-electron chi connectivity index (χ2n) is 7.26. The van der Waals surface area contributed by atoms with Crippen LogP contribution in [0.1, 0.15) is 18.4 Å². The van der Waals surface area contributed by atoms with Crippen LogP contribution in [-0.2, 0) is 19.1 Å². The number of carbonyl (C=O) groups excluding carboxylic acids is 3. The molecule has 0 spiro atoms. The van der Waals surface area contributed by atoms with Crippen LogP contribution in [0, 0.1) is 23.1 Å². The lowest BCUT2D eigenvalue weighted by Crippen LogP contribution is -2.44. The molecule has 1 aliphatic rings. The minimum absolute atomic E-state index is 0.00734. The first-order chi connectivity index (χ1) is 16.8. The number of esters is 1. The molecule has 2 aromatic carbocycles. The Hall–Kier alpha value is -3.55. The molecule has 0 fully saturated rings. The number of rotatable bonds is 8. The van der Waals surface area contributed by atoms with Crippen LogP contribution in [0.25, 0.3) is 0 Å².